The van der Waals surface area contributed by atoms with Crippen molar-refractivity contribution in [2.45, 2.75) is 26.2 Å². The molecular weight excluding hydrogens is 180 g/mol. The number of fused-ring (bicyclic) bond motifs is 1. The van der Waals surface area contributed by atoms with Crippen LogP contribution in [0.4, 0.5) is 0 Å². The second-order valence-electron chi connectivity index (χ2n) is 4.31. The molecular formula is C11H14O3. The summed E-state index contributed by atoms with van der Waals surface area (Å²) in [6.45, 7) is 5.88. The number of hydrogen-bond acceptors (Lipinski definition) is 3. The summed E-state index contributed by atoms with van der Waals surface area (Å²) in [5.74, 6) is -0.628. The molecule has 14 heavy (non-hydrogen) atoms. The minimum absolute atomic E-state index is 0.168. The van der Waals surface area contributed by atoms with Gasteiger partial charge in [-0.1, -0.05) is 12.2 Å². The van der Waals surface area contributed by atoms with Gasteiger partial charge in [0.1, 0.15) is 0 Å². The van der Waals surface area contributed by atoms with Gasteiger partial charge in [0.05, 0.1) is 11.8 Å². The van der Waals surface area contributed by atoms with Gasteiger partial charge in [0.2, 0.25) is 0 Å². The Morgan fingerprint density at radius 2 is 1.93 bits per heavy atom. The minimum atomic E-state index is -0.328. The lowest BCUT2D eigenvalue weighted by molar-refractivity contribution is -0.153. The van der Waals surface area contributed by atoms with Crippen LogP contribution in [0, 0.1) is 17.8 Å². The van der Waals surface area contributed by atoms with Crippen LogP contribution >= 0.6 is 0 Å². The summed E-state index contributed by atoms with van der Waals surface area (Å²) in [6, 6.07) is 0. The van der Waals surface area contributed by atoms with Gasteiger partial charge in [-0.25, -0.2) is 0 Å². The van der Waals surface area contributed by atoms with Gasteiger partial charge in [0, 0.05) is 0 Å². The van der Waals surface area contributed by atoms with Crippen molar-refractivity contribution >= 4 is 11.9 Å². The van der Waals surface area contributed by atoms with Gasteiger partial charge >= 0.3 is 11.9 Å². The maximum atomic E-state index is 11.3. The van der Waals surface area contributed by atoms with Crippen LogP contribution in [0.1, 0.15) is 26.2 Å². The van der Waals surface area contributed by atoms with Gasteiger partial charge in [0.25, 0.3) is 0 Å². The average molecular weight is 194 g/mol. The summed E-state index contributed by atoms with van der Waals surface area (Å²) < 4.78 is 4.63. The van der Waals surface area contributed by atoms with Gasteiger partial charge < -0.3 is 4.74 Å². The van der Waals surface area contributed by atoms with Crippen molar-refractivity contribution in [2.24, 2.45) is 17.8 Å². The van der Waals surface area contributed by atoms with E-state index in [0.717, 1.165) is 24.8 Å². The van der Waals surface area contributed by atoms with Crippen LogP contribution in [0.5, 0.6) is 0 Å². The van der Waals surface area contributed by atoms with E-state index in [0.29, 0.717) is 5.92 Å². The molecule has 76 valence electrons. The highest BCUT2D eigenvalue weighted by molar-refractivity contribution is 5.96. The van der Waals surface area contributed by atoms with E-state index in [-0.39, 0.29) is 23.8 Å². The summed E-state index contributed by atoms with van der Waals surface area (Å²) in [6.07, 6.45) is 2.47. The van der Waals surface area contributed by atoms with Crippen molar-refractivity contribution in [3.05, 3.63) is 12.2 Å². The van der Waals surface area contributed by atoms with Crippen LogP contribution in [0.15, 0.2) is 12.2 Å². The molecule has 0 aromatic rings. The van der Waals surface area contributed by atoms with Crippen molar-refractivity contribution in [2.75, 3.05) is 0 Å². The zero-order valence-electron chi connectivity index (χ0n) is 8.29. The van der Waals surface area contributed by atoms with Crippen LogP contribution in [0.25, 0.3) is 0 Å². The molecule has 0 aromatic heterocycles. The first kappa shape index (κ1) is 9.44. The molecule has 3 heteroatoms. The highest BCUT2D eigenvalue weighted by Crippen LogP contribution is 2.41. The molecule has 3 atom stereocenters. The predicted octanol–water partition coefficient (Wildman–Crippen LogP) is 1.68. The molecule has 0 bridgehead atoms. The fourth-order valence-corrected chi connectivity index (χ4v) is 2.41. The van der Waals surface area contributed by atoms with Crippen LogP contribution in [0.2, 0.25) is 0 Å². The van der Waals surface area contributed by atoms with Crippen molar-refractivity contribution in [1.82, 2.24) is 0 Å². The molecule has 1 saturated heterocycles. The number of hydrogen-bond donors (Lipinski definition) is 0. The van der Waals surface area contributed by atoms with Crippen LogP contribution in [-0.4, -0.2) is 11.9 Å². The first-order valence-electron chi connectivity index (χ1n) is 5.00. The monoisotopic (exact) mass is 194 g/mol. The Bertz CT molecular complexity index is 306. The first-order chi connectivity index (χ1) is 6.59. The van der Waals surface area contributed by atoms with E-state index in [1.807, 2.05) is 6.92 Å². The quantitative estimate of drug-likeness (QED) is 0.362. The number of carbonyl (C=O) groups is 2. The summed E-state index contributed by atoms with van der Waals surface area (Å²) in [4.78, 5) is 22.5. The van der Waals surface area contributed by atoms with E-state index in [4.69, 9.17) is 0 Å². The van der Waals surface area contributed by atoms with E-state index in [2.05, 4.69) is 11.3 Å². The van der Waals surface area contributed by atoms with Crippen molar-refractivity contribution < 1.29 is 14.3 Å². The number of ether oxygens (including phenoxy) is 1. The molecule has 1 aliphatic heterocycles. The molecule has 3 unspecified atom stereocenters. The molecule has 3 nitrogen and oxygen atoms in total. The molecule has 2 aliphatic rings. The number of carbonyl (C=O) groups excluding carboxylic acids is 2. The molecule has 1 aliphatic carbocycles. The normalized spacial score (nSPS) is 36.5. The Morgan fingerprint density at radius 1 is 1.29 bits per heavy atom. The lowest BCUT2D eigenvalue weighted by Crippen LogP contribution is -2.27. The Balaban J connectivity index is 2.13. The molecule has 1 saturated carbocycles. The van der Waals surface area contributed by atoms with Crippen molar-refractivity contribution in [1.29, 1.82) is 0 Å². The van der Waals surface area contributed by atoms with E-state index in [9.17, 15) is 9.59 Å². The fraction of sp³-hybridized carbons (Fsp3) is 0.636. The van der Waals surface area contributed by atoms with E-state index in [1.165, 1.54) is 0 Å². The molecule has 0 radical (unpaired) electrons. The number of allylic oxidation sites excluding steroid dienone is 1. The fourth-order valence-electron chi connectivity index (χ4n) is 2.41. The van der Waals surface area contributed by atoms with Gasteiger partial charge in [-0.2, -0.15) is 0 Å². The smallest absolute Gasteiger partial charge is 0.317 e. The molecule has 0 N–H and O–H groups in total. The Hall–Kier alpha value is -1.12. The van der Waals surface area contributed by atoms with Gasteiger partial charge in [0.15, 0.2) is 0 Å². The van der Waals surface area contributed by atoms with E-state index >= 15 is 0 Å². The first-order valence-corrected chi connectivity index (χ1v) is 5.00. The standard InChI is InChI=1S/C11H14O3/c1-6(2)7-3-4-8-9(5-7)11(13)14-10(8)12/h7-9H,1,3-5H2,2H3. The number of rotatable bonds is 1. The Kier molecular flexibility index (Phi) is 2.17. The lowest BCUT2D eigenvalue weighted by atomic mass is 9.73. The largest absolute Gasteiger partial charge is 0.393 e. The summed E-state index contributed by atoms with van der Waals surface area (Å²) in [5, 5.41) is 0. The Morgan fingerprint density at radius 3 is 2.57 bits per heavy atom. The van der Waals surface area contributed by atoms with Crippen molar-refractivity contribution in [3.63, 3.8) is 0 Å². The van der Waals surface area contributed by atoms with Crippen LogP contribution in [0.3, 0.4) is 0 Å². The molecule has 1 heterocycles. The average Bonchev–Trinajstić information content (AvgIpc) is 2.42. The van der Waals surface area contributed by atoms with Gasteiger partial charge in [-0.3, -0.25) is 9.59 Å². The highest BCUT2D eigenvalue weighted by Gasteiger charge is 2.47. The van der Waals surface area contributed by atoms with Gasteiger partial charge in [-0.15, -0.1) is 0 Å². The molecule has 2 rings (SSSR count). The van der Waals surface area contributed by atoms with Crippen LogP contribution < -0.4 is 0 Å². The predicted molar refractivity (Wildman–Crippen MR) is 50.2 cm³/mol. The molecule has 0 spiro atoms. The second kappa shape index (κ2) is 3.23. The van der Waals surface area contributed by atoms with Crippen LogP contribution in [-0.2, 0) is 14.3 Å². The Labute approximate surface area is 83.1 Å². The van der Waals surface area contributed by atoms with E-state index in [1.54, 1.807) is 0 Å². The maximum Gasteiger partial charge on any atom is 0.317 e. The zero-order chi connectivity index (χ0) is 10.3. The maximum absolute atomic E-state index is 11.3. The minimum Gasteiger partial charge on any atom is -0.393 e. The van der Waals surface area contributed by atoms with Gasteiger partial charge in [-0.05, 0) is 32.1 Å². The van der Waals surface area contributed by atoms with E-state index < -0.39 is 0 Å². The second-order valence-corrected chi connectivity index (χ2v) is 4.31. The molecule has 2 fully saturated rings. The highest BCUT2D eigenvalue weighted by atomic mass is 16.6. The third-order valence-electron chi connectivity index (χ3n) is 3.35. The zero-order valence-corrected chi connectivity index (χ0v) is 8.29. The topological polar surface area (TPSA) is 43.4 Å². The number of esters is 2. The third-order valence-corrected chi connectivity index (χ3v) is 3.35. The SMILES string of the molecule is C=C(C)C1CCC2C(=O)OC(=O)C2C1. The lowest BCUT2D eigenvalue weighted by Gasteiger charge is -2.27. The summed E-state index contributed by atoms with van der Waals surface area (Å²) in [7, 11) is 0. The molecule has 0 amide bonds. The summed E-state index contributed by atoms with van der Waals surface area (Å²) >= 11 is 0. The number of cyclic esters (lactones) is 2. The summed E-state index contributed by atoms with van der Waals surface area (Å²) in [5.41, 5.74) is 1.11. The van der Waals surface area contributed by atoms with Crippen molar-refractivity contribution in [3.8, 4) is 0 Å². The molecule has 0 aromatic carbocycles. The third kappa shape index (κ3) is 1.37.